The van der Waals surface area contributed by atoms with E-state index in [1.54, 1.807) is 12.3 Å². The molecule has 0 saturated carbocycles. The molecule has 3 atom stereocenters. The van der Waals surface area contributed by atoms with Crippen molar-refractivity contribution in [1.29, 1.82) is 0 Å². The van der Waals surface area contributed by atoms with E-state index in [0.29, 0.717) is 28.3 Å². The number of phenols is 1. The Morgan fingerprint density at radius 1 is 1.30 bits per heavy atom. The first-order valence-corrected chi connectivity index (χ1v) is 11.2. The Morgan fingerprint density at radius 3 is 2.83 bits per heavy atom. The fraction of sp³-hybridized carbons (Fsp3) is 0.524. The summed E-state index contributed by atoms with van der Waals surface area (Å²) in [6, 6.07) is 6.51. The molecule has 8 nitrogen and oxygen atoms in total. The number of aryl methyl sites for hydroxylation is 1. The van der Waals surface area contributed by atoms with Crippen molar-refractivity contribution in [3.8, 4) is 22.0 Å². The van der Waals surface area contributed by atoms with Crippen molar-refractivity contribution in [3.05, 3.63) is 30.1 Å². The number of aromatic hydroxyl groups is 1. The number of anilines is 1. The smallest absolute Gasteiger partial charge is 0.208 e. The summed E-state index contributed by atoms with van der Waals surface area (Å²) in [5.41, 5.74) is 2.49. The van der Waals surface area contributed by atoms with Crippen LogP contribution in [0.25, 0.3) is 16.3 Å². The molecule has 0 radical (unpaired) electrons. The van der Waals surface area contributed by atoms with E-state index in [0.717, 1.165) is 23.7 Å². The zero-order chi connectivity index (χ0) is 21.0. The number of phenolic OH excluding ortho intramolecular Hbond substituents is 1. The average Bonchev–Trinajstić information content (AvgIpc) is 3.40. The molecule has 0 amide bonds. The van der Waals surface area contributed by atoms with Crippen LogP contribution < -0.4 is 4.90 Å². The molecule has 2 aliphatic rings. The van der Waals surface area contributed by atoms with E-state index in [4.69, 9.17) is 0 Å². The van der Waals surface area contributed by atoms with Gasteiger partial charge < -0.3 is 10.0 Å². The van der Waals surface area contributed by atoms with Crippen LogP contribution in [0.4, 0.5) is 5.13 Å². The lowest BCUT2D eigenvalue weighted by molar-refractivity contribution is 0.0847. The minimum Gasteiger partial charge on any atom is -0.507 e. The third-order valence-corrected chi connectivity index (χ3v) is 7.99. The van der Waals surface area contributed by atoms with E-state index in [-0.39, 0.29) is 11.3 Å². The highest BCUT2D eigenvalue weighted by atomic mass is 32.1. The van der Waals surface area contributed by atoms with Crippen LogP contribution in [0.2, 0.25) is 0 Å². The summed E-state index contributed by atoms with van der Waals surface area (Å²) < 4.78 is 0. The summed E-state index contributed by atoms with van der Waals surface area (Å²) in [6.07, 6.45) is 6.54. The molecule has 3 aromatic rings. The van der Waals surface area contributed by atoms with E-state index in [1.165, 1.54) is 29.0 Å². The van der Waals surface area contributed by atoms with E-state index < -0.39 is 0 Å². The summed E-state index contributed by atoms with van der Waals surface area (Å²) in [5.74, 6) is 0.151. The first-order valence-electron chi connectivity index (χ1n) is 10.4. The highest BCUT2D eigenvalue weighted by molar-refractivity contribution is 7.18. The van der Waals surface area contributed by atoms with Crippen LogP contribution in [-0.2, 0) is 0 Å². The Balaban J connectivity index is 1.37. The number of fused-ring (bicyclic) bond motifs is 2. The third-order valence-electron chi connectivity index (χ3n) is 6.95. The van der Waals surface area contributed by atoms with Gasteiger partial charge in [0.2, 0.25) is 5.13 Å². The van der Waals surface area contributed by atoms with Crippen molar-refractivity contribution in [3.63, 3.8) is 0 Å². The second kappa shape index (κ2) is 7.02. The summed E-state index contributed by atoms with van der Waals surface area (Å²) in [6.45, 7) is 4.27. The van der Waals surface area contributed by atoms with E-state index in [1.807, 2.05) is 19.1 Å². The van der Waals surface area contributed by atoms with Gasteiger partial charge in [0, 0.05) is 30.7 Å². The first-order chi connectivity index (χ1) is 14.3. The molecule has 2 saturated heterocycles. The molecule has 2 aliphatic heterocycles. The Bertz CT molecular complexity index is 1080. The van der Waals surface area contributed by atoms with Crippen molar-refractivity contribution < 1.29 is 5.11 Å². The van der Waals surface area contributed by atoms with Crippen molar-refractivity contribution in [2.24, 2.45) is 0 Å². The van der Waals surface area contributed by atoms with Gasteiger partial charge in [-0.3, -0.25) is 4.90 Å². The van der Waals surface area contributed by atoms with Gasteiger partial charge in [0.1, 0.15) is 5.75 Å². The van der Waals surface area contributed by atoms with Gasteiger partial charge >= 0.3 is 0 Å². The molecule has 0 spiro atoms. The van der Waals surface area contributed by atoms with Crippen molar-refractivity contribution in [2.45, 2.75) is 57.2 Å². The van der Waals surface area contributed by atoms with E-state index in [9.17, 15) is 5.11 Å². The second-order valence-corrected chi connectivity index (χ2v) is 9.83. The lowest BCUT2D eigenvalue weighted by atomic mass is 9.87. The van der Waals surface area contributed by atoms with Gasteiger partial charge in [0.05, 0.1) is 23.1 Å². The fourth-order valence-electron chi connectivity index (χ4n) is 4.92. The molecule has 2 fully saturated rings. The number of benzene rings is 1. The standard InChI is InChI=1S/C21H27N7OS/c1-13-12-22-28(25-13)15-5-6-17(18(29)10-15)19-23-24-20(30-19)26(3)16-9-14-7-8-21(2,11-16)27(14)4/h5-6,10,12,14,16,29H,7-9,11H2,1-4H3/t14?,16-,21+/m1/s1. The van der Waals surface area contributed by atoms with Gasteiger partial charge in [-0.05, 0) is 58.7 Å². The van der Waals surface area contributed by atoms with Crippen LogP contribution in [0.5, 0.6) is 5.75 Å². The average molecular weight is 426 g/mol. The topological polar surface area (TPSA) is 83.2 Å². The lowest BCUT2D eigenvalue weighted by Gasteiger charge is -2.46. The maximum atomic E-state index is 10.6. The van der Waals surface area contributed by atoms with Gasteiger partial charge in [-0.1, -0.05) is 11.3 Å². The van der Waals surface area contributed by atoms with Gasteiger partial charge in [-0.25, -0.2) is 0 Å². The molecule has 1 unspecified atom stereocenters. The van der Waals surface area contributed by atoms with Gasteiger partial charge in [0.15, 0.2) is 5.01 Å². The zero-order valence-electron chi connectivity index (χ0n) is 17.8. The van der Waals surface area contributed by atoms with Crippen molar-refractivity contribution >= 4 is 16.5 Å². The monoisotopic (exact) mass is 425 g/mol. The number of nitrogens with zero attached hydrogens (tertiary/aromatic N) is 7. The zero-order valence-corrected chi connectivity index (χ0v) is 18.6. The molecular weight excluding hydrogens is 398 g/mol. The van der Waals surface area contributed by atoms with Crippen LogP contribution in [0.1, 0.15) is 38.3 Å². The van der Waals surface area contributed by atoms with E-state index >= 15 is 0 Å². The highest BCUT2D eigenvalue weighted by Crippen LogP contribution is 2.45. The number of aromatic nitrogens is 5. The second-order valence-electron chi connectivity index (χ2n) is 8.87. The van der Waals surface area contributed by atoms with Crippen molar-refractivity contribution in [1.82, 2.24) is 30.1 Å². The van der Waals surface area contributed by atoms with Crippen molar-refractivity contribution in [2.75, 3.05) is 19.0 Å². The summed E-state index contributed by atoms with van der Waals surface area (Å²) in [7, 11) is 4.39. The summed E-state index contributed by atoms with van der Waals surface area (Å²) in [5, 5.41) is 29.5. The number of hydrogen-bond donors (Lipinski definition) is 1. The highest BCUT2D eigenvalue weighted by Gasteiger charge is 2.47. The Labute approximate surface area is 180 Å². The van der Waals surface area contributed by atoms with Crippen LogP contribution >= 0.6 is 11.3 Å². The number of piperidine rings is 1. The number of hydrogen-bond acceptors (Lipinski definition) is 8. The Hall–Kier alpha value is -2.52. The minimum absolute atomic E-state index is 0.151. The quantitative estimate of drug-likeness (QED) is 0.687. The SMILES string of the molecule is Cc1cnn(-c2ccc(-c3nnc(N(C)[C@@H]4CC5CC[C@@](C)(C4)N5C)s3)c(O)c2)n1. The number of rotatable bonds is 4. The van der Waals surface area contributed by atoms with Crippen LogP contribution in [-0.4, -0.2) is 66.9 Å². The summed E-state index contributed by atoms with van der Waals surface area (Å²) in [4.78, 5) is 6.36. The molecule has 158 valence electrons. The third kappa shape index (κ3) is 3.16. The van der Waals surface area contributed by atoms with Gasteiger partial charge in [-0.15, -0.1) is 10.2 Å². The van der Waals surface area contributed by atoms with Gasteiger partial charge in [-0.2, -0.15) is 15.0 Å². The van der Waals surface area contributed by atoms with Crippen LogP contribution in [0, 0.1) is 6.92 Å². The molecule has 4 heterocycles. The molecule has 30 heavy (non-hydrogen) atoms. The molecule has 9 heteroatoms. The maximum Gasteiger partial charge on any atom is 0.208 e. The lowest BCUT2D eigenvalue weighted by Crippen LogP contribution is -2.54. The maximum absolute atomic E-state index is 10.6. The molecule has 2 bridgehead atoms. The largest absolute Gasteiger partial charge is 0.507 e. The Kier molecular flexibility index (Phi) is 4.55. The Morgan fingerprint density at radius 2 is 2.13 bits per heavy atom. The molecule has 2 aromatic heterocycles. The molecular formula is C21H27N7OS. The fourth-order valence-corrected chi connectivity index (χ4v) is 5.83. The predicted molar refractivity (Wildman–Crippen MR) is 117 cm³/mol. The van der Waals surface area contributed by atoms with Crippen LogP contribution in [0.15, 0.2) is 24.4 Å². The van der Waals surface area contributed by atoms with Crippen LogP contribution in [0.3, 0.4) is 0 Å². The molecule has 0 aliphatic carbocycles. The normalized spacial score (nSPS) is 26.3. The van der Waals surface area contributed by atoms with E-state index in [2.05, 4.69) is 51.2 Å². The predicted octanol–water partition coefficient (Wildman–Crippen LogP) is 3.25. The molecule has 1 aromatic carbocycles. The molecule has 5 rings (SSSR count). The van der Waals surface area contributed by atoms with Gasteiger partial charge in [0.25, 0.3) is 0 Å². The molecule has 1 N–H and O–H groups in total. The first kappa shape index (κ1) is 19.4. The minimum atomic E-state index is 0.151. The summed E-state index contributed by atoms with van der Waals surface area (Å²) >= 11 is 1.52.